The summed E-state index contributed by atoms with van der Waals surface area (Å²) < 4.78 is 5.91. The van der Waals surface area contributed by atoms with E-state index in [9.17, 15) is 5.11 Å². The van der Waals surface area contributed by atoms with E-state index in [2.05, 4.69) is 19.6 Å². The summed E-state index contributed by atoms with van der Waals surface area (Å²) in [5.74, 6) is 1.05. The normalized spacial score (nSPS) is 17.8. The highest BCUT2D eigenvalue weighted by Crippen LogP contribution is 2.22. The maximum atomic E-state index is 9.72. The summed E-state index contributed by atoms with van der Waals surface area (Å²) in [5, 5.41) is 9.72. The van der Waals surface area contributed by atoms with Gasteiger partial charge in [0.25, 0.3) is 0 Å². The van der Waals surface area contributed by atoms with Crippen molar-refractivity contribution in [2.24, 2.45) is 5.92 Å². The van der Waals surface area contributed by atoms with E-state index >= 15 is 0 Å². The van der Waals surface area contributed by atoms with Gasteiger partial charge >= 0.3 is 0 Å². The van der Waals surface area contributed by atoms with Gasteiger partial charge in [-0.2, -0.15) is 0 Å². The van der Waals surface area contributed by atoms with Gasteiger partial charge in [0.2, 0.25) is 8.32 Å². The number of aliphatic hydroxyl groups is 1. The Labute approximate surface area is 89.1 Å². The predicted molar refractivity (Wildman–Crippen MR) is 63.6 cm³/mol. The van der Waals surface area contributed by atoms with Gasteiger partial charge in [0.15, 0.2) is 0 Å². The largest absolute Gasteiger partial charge is 0.547 e. The van der Waals surface area contributed by atoms with Crippen LogP contribution in [-0.4, -0.2) is 19.5 Å². The highest BCUT2D eigenvalue weighted by molar-refractivity contribution is 6.70. The van der Waals surface area contributed by atoms with Crippen LogP contribution in [0.1, 0.15) is 27.2 Å². The summed E-state index contributed by atoms with van der Waals surface area (Å²) in [4.78, 5) is 0. The lowest BCUT2D eigenvalue weighted by Crippen LogP contribution is -2.30. The third kappa shape index (κ3) is 4.82. The van der Waals surface area contributed by atoms with Crippen LogP contribution in [0.15, 0.2) is 11.8 Å². The van der Waals surface area contributed by atoms with Crippen LogP contribution in [0.2, 0.25) is 19.6 Å². The van der Waals surface area contributed by atoms with Gasteiger partial charge in [0.05, 0.1) is 11.9 Å². The predicted octanol–water partition coefficient (Wildman–Crippen LogP) is 3.15. The van der Waals surface area contributed by atoms with E-state index in [0.717, 1.165) is 12.2 Å². The minimum atomic E-state index is -1.54. The van der Waals surface area contributed by atoms with Crippen molar-refractivity contribution in [3.05, 3.63) is 11.8 Å². The van der Waals surface area contributed by atoms with Crippen LogP contribution in [0, 0.1) is 5.92 Å². The molecule has 0 rings (SSSR count). The first-order chi connectivity index (χ1) is 6.31. The van der Waals surface area contributed by atoms with Crippen molar-refractivity contribution in [3.8, 4) is 0 Å². The Morgan fingerprint density at radius 2 is 1.93 bits per heavy atom. The number of hydrogen-bond acceptors (Lipinski definition) is 2. The zero-order chi connectivity index (χ0) is 11.4. The number of rotatable bonds is 5. The van der Waals surface area contributed by atoms with Crippen molar-refractivity contribution < 1.29 is 9.53 Å². The monoisotopic (exact) mass is 216 g/mol. The average Bonchev–Trinajstić information content (AvgIpc) is 2.10. The molecule has 3 heteroatoms. The van der Waals surface area contributed by atoms with Crippen molar-refractivity contribution in [1.29, 1.82) is 0 Å². The maximum Gasteiger partial charge on any atom is 0.241 e. The van der Waals surface area contributed by atoms with Gasteiger partial charge in [0, 0.05) is 5.92 Å². The maximum absolute atomic E-state index is 9.72. The molecule has 0 aliphatic rings. The molecule has 14 heavy (non-hydrogen) atoms. The van der Waals surface area contributed by atoms with Gasteiger partial charge in [-0.25, -0.2) is 0 Å². The molecular formula is C11H24O2Si. The SMILES string of the molecule is C/C=C(/O[Si](C)(C)C)[C@@H](C)[C@@H](O)CC. The molecule has 0 bridgehead atoms. The summed E-state index contributed by atoms with van der Waals surface area (Å²) in [7, 11) is -1.54. The van der Waals surface area contributed by atoms with Gasteiger partial charge in [0.1, 0.15) is 0 Å². The van der Waals surface area contributed by atoms with Gasteiger partial charge in [-0.3, -0.25) is 0 Å². The molecule has 0 aromatic carbocycles. The molecular weight excluding hydrogens is 192 g/mol. The molecule has 0 aromatic rings. The van der Waals surface area contributed by atoms with E-state index in [1.807, 2.05) is 26.8 Å². The lowest BCUT2D eigenvalue weighted by atomic mass is 10.0. The van der Waals surface area contributed by atoms with Crippen LogP contribution < -0.4 is 0 Å². The summed E-state index contributed by atoms with van der Waals surface area (Å²) in [6, 6.07) is 0. The second-order valence-electron chi connectivity index (χ2n) is 4.67. The Bertz CT molecular complexity index is 194. The Morgan fingerprint density at radius 3 is 2.21 bits per heavy atom. The van der Waals surface area contributed by atoms with Crippen molar-refractivity contribution >= 4 is 8.32 Å². The molecule has 0 aliphatic heterocycles. The molecule has 0 fully saturated rings. The van der Waals surface area contributed by atoms with Gasteiger partial charge < -0.3 is 9.53 Å². The lowest BCUT2D eigenvalue weighted by molar-refractivity contribution is 0.109. The molecule has 84 valence electrons. The zero-order valence-electron chi connectivity index (χ0n) is 10.3. The molecule has 0 saturated heterocycles. The Morgan fingerprint density at radius 1 is 1.43 bits per heavy atom. The number of allylic oxidation sites excluding steroid dienone is 1. The molecule has 1 N–H and O–H groups in total. The third-order valence-electron chi connectivity index (χ3n) is 2.15. The summed E-state index contributed by atoms with van der Waals surface area (Å²) in [6.45, 7) is 12.4. The molecule has 2 nitrogen and oxygen atoms in total. The summed E-state index contributed by atoms with van der Waals surface area (Å²) in [6.07, 6.45) is 2.45. The fraction of sp³-hybridized carbons (Fsp3) is 0.818. The highest BCUT2D eigenvalue weighted by Gasteiger charge is 2.23. The second kappa shape index (κ2) is 5.56. The van der Waals surface area contributed by atoms with Crippen LogP contribution in [0.4, 0.5) is 0 Å². The molecule has 0 spiro atoms. The summed E-state index contributed by atoms with van der Waals surface area (Å²) in [5.41, 5.74) is 0. The second-order valence-corrected chi connectivity index (χ2v) is 9.10. The Kier molecular flexibility index (Phi) is 5.45. The fourth-order valence-electron chi connectivity index (χ4n) is 1.31. The van der Waals surface area contributed by atoms with Crippen LogP contribution >= 0.6 is 0 Å². The molecule has 0 aliphatic carbocycles. The van der Waals surface area contributed by atoms with E-state index in [4.69, 9.17) is 4.43 Å². The number of aliphatic hydroxyl groups excluding tert-OH is 1. The van der Waals surface area contributed by atoms with Crippen molar-refractivity contribution in [1.82, 2.24) is 0 Å². The molecule has 0 aromatic heterocycles. The molecule has 0 unspecified atom stereocenters. The first-order valence-corrected chi connectivity index (χ1v) is 8.76. The van der Waals surface area contributed by atoms with E-state index in [1.165, 1.54) is 0 Å². The standard InChI is InChI=1S/C11H24O2Si/c1-7-10(12)9(3)11(8-2)13-14(4,5)6/h8-10,12H,7H2,1-6H3/b11-8+/t9-,10-/m0/s1. The first-order valence-electron chi connectivity index (χ1n) is 5.35. The molecule has 0 amide bonds. The van der Waals surface area contributed by atoms with Crippen molar-refractivity contribution in [2.45, 2.75) is 52.9 Å². The van der Waals surface area contributed by atoms with E-state index in [1.54, 1.807) is 0 Å². The molecule has 0 heterocycles. The minimum Gasteiger partial charge on any atom is -0.547 e. The van der Waals surface area contributed by atoms with Crippen LogP contribution in [0.25, 0.3) is 0 Å². The van der Waals surface area contributed by atoms with Crippen molar-refractivity contribution in [3.63, 3.8) is 0 Å². The summed E-state index contributed by atoms with van der Waals surface area (Å²) >= 11 is 0. The Hall–Kier alpha value is -0.283. The first kappa shape index (κ1) is 13.7. The average molecular weight is 216 g/mol. The molecule has 0 saturated carbocycles. The smallest absolute Gasteiger partial charge is 0.241 e. The van der Waals surface area contributed by atoms with Crippen LogP contribution in [-0.2, 0) is 4.43 Å². The van der Waals surface area contributed by atoms with Gasteiger partial charge in [-0.1, -0.05) is 19.9 Å². The van der Waals surface area contributed by atoms with Crippen LogP contribution in [0.5, 0.6) is 0 Å². The molecule has 0 radical (unpaired) electrons. The van der Waals surface area contributed by atoms with E-state index in [0.29, 0.717) is 0 Å². The van der Waals surface area contributed by atoms with E-state index < -0.39 is 8.32 Å². The molecule has 2 atom stereocenters. The van der Waals surface area contributed by atoms with E-state index in [-0.39, 0.29) is 12.0 Å². The topological polar surface area (TPSA) is 29.5 Å². The zero-order valence-corrected chi connectivity index (χ0v) is 11.3. The Balaban J connectivity index is 4.44. The highest BCUT2D eigenvalue weighted by atomic mass is 28.4. The fourth-order valence-corrected chi connectivity index (χ4v) is 2.32. The lowest BCUT2D eigenvalue weighted by Gasteiger charge is -2.27. The van der Waals surface area contributed by atoms with Gasteiger partial charge in [-0.05, 0) is 33.0 Å². The van der Waals surface area contributed by atoms with Crippen molar-refractivity contribution in [2.75, 3.05) is 0 Å². The minimum absolute atomic E-state index is 0.108. The van der Waals surface area contributed by atoms with Crippen LogP contribution in [0.3, 0.4) is 0 Å². The third-order valence-corrected chi connectivity index (χ3v) is 3.00. The number of hydrogen-bond donors (Lipinski definition) is 1. The quantitative estimate of drug-likeness (QED) is 0.565. The van der Waals surface area contributed by atoms with Gasteiger partial charge in [-0.15, -0.1) is 0 Å².